The molecule has 0 saturated heterocycles. The zero-order valence-electron chi connectivity index (χ0n) is 14.2. The molecule has 3 aromatic rings. The van der Waals surface area contributed by atoms with Crippen LogP contribution < -0.4 is 10.5 Å². The zero-order valence-corrected chi connectivity index (χ0v) is 14.2. The molecular formula is C20H22NO3+. The Morgan fingerprint density at radius 1 is 1.04 bits per heavy atom. The number of nitrogens with one attached hydrogen (secondary N) is 1. The molecule has 0 aliphatic rings. The van der Waals surface area contributed by atoms with E-state index in [1.165, 1.54) is 16.0 Å². The second-order valence-corrected chi connectivity index (χ2v) is 6.41. The second-order valence-electron chi connectivity index (χ2n) is 6.41. The highest BCUT2D eigenvalue weighted by Gasteiger charge is 2.14. The summed E-state index contributed by atoms with van der Waals surface area (Å²) < 4.78 is 5.31. The Morgan fingerprint density at radius 2 is 1.75 bits per heavy atom. The van der Waals surface area contributed by atoms with E-state index < -0.39 is 0 Å². The van der Waals surface area contributed by atoms with Gasteiger partial charge in [-0.05, 0) is 31.5 Å². The Hall–Kier alpha value is -2.59. The molecule has 0 fully saturated rings. The van der Waals surface area contributed by atoms with Crippen LogP contribution in [0.15, 0.2) is 51.7 Å². The Balaban J connectivity index is 1.94. The van der Waals surface area contributed by atoms with Crippen LogP contribution >= 0.6 is 0 Å². The third-order valence-corrected chi connectivity index (χ3v) is 4.46. The Bertz CT molecular complexity index is 943. The van der Waals surface area contributed by atoms with Gasteiger partial charge in [-0.2, -0.15) is 0 Å². The van der Waals surface area contributed by atoms with Crippen LogP contribution in [0.4, 0.5) is 0 Å². The molecule has 0 aliphatic heterocycles. The van der Waals surface area contributed by atoms with Crippen molar-refractivity contribution in [1.82, 2.24) is 0 Å². The number of quaternary nitrogens is 1. The summed E-state index contributed by atoms with van der Waals surface area (Å²) in [5, 5.41) is 10.7. The van der Waals surface area contributed by atoms with E-state index in [1.54, 1.807) is 19.1 Å². The van der Waals surface area contributed by atoms with Gasteiger partial charge in [0.1, 0.15) is 24.4 Å². The molecule has 124 valence electrons. The molecule has 0 saturated carbocycles. The average molecular weight is 324 g/mol. The van der Waals surface area contributed by atoms with Gasteiger partial charge < -0.3 is 14.4 Å². The van der Waals surface area contributed by atoms with E-state index >= 15 is 0 Å². The maximum absolute atomic E-state index is 11.9. The number of aryl methyl sites for hydroxylation is 2. The first-order valence-electron chi connectivity index (χ1n) is 8.07. The molecule has 2 N–H and O–H groups in total. The van der Waals surface area contributed by atoms with Crippen LogP contribution in [-0.4, -0.2) is 12.2 Å². The molecule has 1 heterocycles. The molecule has 1 atom stereocenters. The minimum absolute atomic E-state index is 0.142. The molecular weight excluding hydrogens is 302 g/mol. The maximum Gasteiger partial charge on any atom is 0.336 e. The largest absolute Gasteiger partial charge is 0.508 e. The summed E-state index contributed by atoms with van der Waals surface area (Å²) in [6.07, 6.45) is 0. The average Bonchev–Trinajstić information content (AvgIpc) is 2.53. The van der Waals surface area contributed by atoms with Gasteiger partial charge in [0, 0.05) is 28.1 Å². The number of hydrogen-bond donors (Lipinski definition) is 2. The van der Waals surface area contributed by atoms with E-state index in [-0.39, 0.29) is 11.4 Å². The second kappa shape index (κ2) is 6.49. The van der Waals surface area contributed by atoms with Gasteiger partial charge in [-0.15, -0.1) is 0 Å². The van der Waals surface area contributed by atoms with Crippen molar-refractivity contribution in [3.8, 4) is 5.75 Å². The molecule has 1 unspecified atom stereocenters. The predicted molar refractivity (Wildman–Crippen MR) is 94.4 cm³/mol. The van der Waals surface area contributed by atoms with Crippen LogP contribution in [0.2, 0.25) is 0 Å². The van der Waals surface area contributed by atoms with Crippen molar-refractivity contribution in [1.29, 1.82) is 0 Å². The molecule has 4 heteroatoms. The standard InChI is InChI=1S/C20H21NO3/c1-13-6-4-5-7-15(13)11-21(3)12-16-10-19(23)24-20-14(2)18(22)9-8-17(16)20/h4-10,22H,11-12H2,1-3H3/p+1. The summed E-state index contributed by atoms with van der Waals surface area (Å²) in [4.78, 5) is 13.2. The van der Waals surface area contributed by atoms with Crippen molar-refractivity contribution in [2.45, 2.75) is 26.9 Å². The van der Waals surface area contributed by atoms with Crippen molar-refractivity contribution < 1.29 is 14.4 Å². The van der Waals surface area contributed by atoms with Gasteiger partial charge in [0.25, 0.3) is 0 Å². The van der Waals surface area contributed by atoms with E-state index in [9.17, 15) is 9.90 Å². The first kappa shape index (κ1) is 16.3. The number of phenolic OH excluding ortho intramolecular Hbond substituents is 1. The Morgan fingerprint density at radius 3 is 2.50 bits per heavy atom. The number of benzene rings is 2. The monoisotopic (exact) mass is 324 g/mol. The summed E-state index contributed by atoms with van der Waals surface area (Å²) in [5.74, 6) is 0.142. The van der Waals surface area contributed by atoms with E-state index in [4.69, 9.17) is 4.42 Å². The lowest BCUT2D eigenvalue weighted by Crippen LogP contribution is -3.06. The van der Waals surface area contributed by atoms with Gasteiger partial charge in [-0.3, -0.25) is 0 Å². The van der Waals surface area contributed by atoms with Crippen molar-refractivity contribution in [3.63, 3.8) is 0 Å². The number of hydrogen-bond acceptors (Lipinski definition) is 3. The smallest absolute Gasteiger partial charge is 0.336 e. The predicted octanol–water partition coefficient (Wildman–Crippen LogP) is 2.33. The third-order valence-electron chi connectivity index (χ3n) is 4.46. The quantitative estimate of drug-likeness (QED) is 0.724. The van der Waals surface area contributed by atoms with Gasteiger partial charge in [0.2, 0.25) is 0 Å². The minimum Gasteiger partial charge on any atom is -0.508 e. The van der Waals surface area contributed by atoms with Gasteiger partial charge in [0.15, 0.2) is 0 Å². The fourth-order valence-electron chi connectivity index (χ4n) is 3.08. The molecule has 0 bridgehead atoms. The van der Waals surface area contributed by atoms with Crippen LogP contribution in [0.25, 0.3) is 11.0 Å². The van der Waals surface area contributed by atoms with E-state index in [0.29, 0.717) is 17.7 Å². The van der Waals surface area contributed by atoms with Gasteiger partial charge in [-0.25, -0.2) is 4.79 Å². The highest BCUT2D eigenvalue weighted by molar-refractivity contribution is 5.84. The Labute approximate surface area is 141 Å². The van der Waals surface area contributed by atoms with Crippen molar-refractivity contribution in [2.75, 3.05) is 7.05 Å². The number of phenols is 1. The minimum atomic E-state index is -0.380. The van der Waals surface area contributed by atoms with Gasteiger partial charge in [0.05, 0.1) is 7.05 Å². The molecule has 0 spiro atoms. The van der Waals surface area contributed by atoms with Crippen LogP contribution in [0.3, 0.4) is 0 Å². The lowest BCUT2D eigenvalue weighted by atomic mass is 10.1. The van der Waals surface area contributed by atoms with Crippen molar-refractivity contribution in [2.24, 2.45) is 0 Å². The molecule has 2 aromatic carbocycles. The summed E-state index contributed by atoms with van der Waals surface area (Å²) >= 11 is 0. The number of aromatic hydroxyl groups is 1. The molecule has 24 heavy (non-hydrogen) atoms. The van der Waals surface area contributed by atoms with Crippen LogP contribution in [0.5, 0.6) is 5.75 Å². The molecule has 4 nitrogen and oxygen atoms in total. The van der Waals surface area contributed by atoms with E-state index in [0.717, 1.165) is 17.5 Å². The lowest BCUT2D eigenvalue weighted by Gasteiger charge is -2.16. The first-order chi connectivity index (χ1) is 11.5. The first-order valence-corrected chi connectivity index (χ1v) is 8.07. The summed E-state index contributed by atoms with van der Waals surface area (Å²) in [7, 11) is 2.11. The maximum atomic E-state index is 11.9. The molecule has 1 aromatic heterocycles. The van der Waals surface area contributed by atoms with Crippen molar-refractivity contribution >= 4 is 11.0 Å². The molecule has 0 radical (unpaired) electrons. The van der Waals surface area contributed by atoms with Crippen molar-refractivity contribution in [3.05, 3.63) is 75.1 Å². The van der Waals surface area contributed by atoms with E-state index in [1.807, 2.05) is 18.2 Å². The van der Waals surface area contributed by atoms with E-state index in [2.05, 4.69) is 26.1 Å². The fraction of sp³-hybridized carbons (Fsp3) is 0.250. The normalized spacial score (nSPS) is 12.5. The summed E-state index contributed by atoms with van der Waals surface area (Å²) in [6, 6.07) is 13.4. The third kappa shape index (κ3) is 3.19. The zero-order chi connectivity index (χ0) is 17.3. The molecule has 0 amide bonds. The van der Waals surface area contributed by atoms with Gasteiger partial charge in [-0.1, -0.05) is 24.3 Å². The van der Waals surface area contributed by atoms with Gasteiger partial charge >= 0.3 is 5.63 Å². The SMILES string of the molecule is Cc1ccccc1C[NH+](C)Cc1cc(=O)oc2c(C)c(O)ccc12. The topological polar surface area (TPSA) is 54.9 Å². The summed E-state index contributed by atoms with van der Waals surface area (Å²) in [6.45, 7) is 5.46. The fourth-order valence-corrected chi connectivity index (χ4v) is 3.08. The molecule has 0 aliphatic carbocycles. The number of fused-ring (bicyclic) bond motifs is 1. The van der Waals surface area contributed by atoms with Crippen LogP contribution in [0.1, 0.15) is 22.3 Å². The molecule has 3 rings (SSSR count). The summed E-state index contributed by atoms with van der Waals surface area (Å²) in [5.41, 5.74) is 4.21. The Kier molecular flexibility index (Phi) is 4.40. The van der Waals surface area contributed by atoms with Crippen LogP contribution in [-0.2, 0) is 13.1 Å². The van der Waals surface area contributed by atoms with Crippen LogP contribution in [0, 0.1) is 13.8 Å². The lowest BCUT2D eigenvalue weighted by molar-refractivity contribution is -0.907. The highest BCUT2D eigenvalue weighted by atomic mass is 16.4. The highest BCUT2D eigenvalue weighted by Crippen LogP contribution is 2.27. The number of rotatable bonds is 4.